The molecule has 0 fully saturated rings. The van der Waals surface area contributed by atoms with Crippen LogP contribution in [0.4, 0.5) is 5.95 Å². The number of halogens is 1. The van der Waals surface area contributed by atoms with Crippen molar-refractivity contribution >= 4 is 17.5 Å². The zero-order chi connectivity index (χ0) is 15.4. The highest BCUT2D eigenvalue weighted by Crippen LogP contribution is 2.24. The van der Waals surface area contributed by atoms with Crippen molar-refractivity contribution in [1.29, 1.82) is 0 Å². The van der Waals surface area contributed by atoms with Crippen molar-refractivity contribution in [2.24, 2.45) is 0 Å². The average molecular weight is 316 g/mol. The molecule has 0 atom stereocenters. The molecule has 1 N–H and O–H groups in total. The quantitative estimate of drug-likeness (QED) is 0.706. The fourth-order valence-corrected chi connectivity index (χ4v) is 2.13. The van der Waals surface area contributed by atoms with E-state index < -0.39 is 0 Å². The second kappa shape index (κ2) is 6.44. The SMILES string of the molecule is C=CCn1nnc(NCc2ccc(-c3cccc(Cl)c3)o2)n1. The normalized spacial score (nSPS) is 10.6. The van der Waals surface area contributed by atoms with Gasteiger partial charge in [-0.05, 0) is 29.5 Å². The first-order valence-corrected chi connectivity index (χ1v) is 7.09. The van der Waals surface area contributed by atoms with Crippen molar-refractivity contribution in [3.63, 3.8) is 0 Å². The molecule has 0 aliphatic heterocycles. The van der Waals surface area contributed by atoms with Crippen LogP contribution in [-0.2, 0) is 13.1 Å². The lowest BCUT2D eigenvalue weighted by molar-refractivity contribution is 0.530. The van der Waals surface area contributed by atoms with Crippen LogP contribution in [0.2, 0.25) is 5.02 Å². The van der Waals surface area contributed by atoms with Crippen LogP contribution < -0.4 is 5.32 Å². The predicted octanol–water partition coefficient (Wildman–Crippen LogP) is 3.38. The fraction of sp³-hybridized carbons (Fsp3) is 0.133. The molecule has 6 nitrogen and oxygen atoms in total. The lowest BCUT2D eigenvalue weighted by Gasteiger charge is -1.99. The minimum absolute atomic E-state index is 0.447. The summed E-state index contributed by atoms with van der Waals surface area (Å²) in [5.41, 5.74) is 0.939. The van der Waals surface area contributed by atoms with E-state index in [1.165, 1.54) is 4.80 Å². The van der Waals surface area contributed by atoms with E-state index in [9.17, 15) is 0 Å². The second-order valence-corrected chi connectivity index (χ2v) is 5.02. The highest BCUT2D eigenvalue weighted by atomic mass is 35.5. The van der Waals surface area contributed by atoms with E-state index in [1.54, 1.807) is 6.08 Å². The molecule has 1 aromatic carbocycles. The Hall–Kier alpha value is -2.60. The number of rotatable bonds is 6. The molecule has 2 aromatic heterocycles. The van der Waals surface area contributed by atoms with Gasteiger partial charge < -0.3 is 9.73 Å². The maximum Gasteiger partial charge on any atom is 0.263 e. The molecule has 3 aromatic rings. The van der Waals surface area contributed by atoms with Gasteiger partial charge in [-0.25, -0.2) is 0 Å². The smallest absolute Gasteiger partial charge is 0.263 e. The van der Waals surface area contributed by atoms with Crippen LogP contribution in [0.25, 0.3) is 11.3 Å². The van der Waals surface area contributed by atoms with Crippen molar-refractivity contribution < 1.29 is 4.42 Å². The molecule has 0 aliphatic carbocycles. The van der Waals surface area contributed by atoms with Crippen LogP contribution in [0.1, 0.15) is 5.76 Å². The van der Waals surface area contributed by atoms with Crippen LogP contribution in [0.5, 0.6) is 0 Å². The van der Waals surface area contributed by atoms with Crippen molar-refractivity contribution in [1.82, 2.24) is 20.2 Å². The molecule has 112 valence electrons. The summed E-state index contributed by atoms with van der Waals surface area (Å²) < 4.78 is 5.78. The van der Waals surface area contributed by atoms with Gasteiger partial charge >= 0.3 is 0 Å². The average Bonchev–Trinajstić information content (AvgIpc) is 3.15. The minimum atomic E-state index is 0.447. The fourth-order valence-electron chi connectivity index (χ4n) is 1.94. The van der Waals surface area contributed by atoms with E-state index in [0.29, 0.717) is 24.1 Å². The lowest BCUT2D eigenvalue weighted by Crippen LogP contribution is -2.02. The maximum absolute atomic E-state index is 5.98. The Morgan fingerprint density at radius 3 is 3.05 bits per heavy atom. The number of hydrogen-bond acceptors (Lipinski definition) is 5. The lowest BCUT2D eigenvalue weighted by atomic mass is 10.2. The molecule has 7 heteroatoms. The Balaban J connectivity index is 1.65. The first-order chi connectivity index (χ1) is 10.7. The number of benzene rings is 1. The molecular formula is C15H14ClN5O. The number of nitrogens with zero attached hydrogens (tertiary/aromatic N) is 4. The van der Waals surface area contributed by atoms with Crippen LogP contribution in [0.15, 0.2) is 53.5 Å². The van der Waals surface area contributed by atoms with E-state index in [4.69, 9.17) is 16.0 Å². The molecule has 3 rings (SSSR count). The van der Waals surface area contributed by atoms with Gasteiger partial charge in [0.25, 0.3) is 5.95 Å². The molecule has 0 unspecified atom stereocenters. The summed E-state index contributed by atoms with van der Waals surface area (Å²) in [6, 6.07) is 11.3. The van der Waals surface area contributed by atoms with Gasteiger partial charge in [0.2, 0.25) is 0 Å². The van der Waals surface area contributed by atoms with Crippen LogP contribution in [0.3, 0.4) is 0 Å². The monoisotopic (exact) mass is 315 g/mol. The Bertz CT molecular complexity index is 780. The Kier molecular flexibility index (Phi) is 4.20. The molecule has 0 radical (unpaired) electrons. The Morgan fingerprint density at radius 2 is 2.23 bits per heavy atom. The molecule has 0 aliphatic rings. The number of aromatic nitrogens is 4. The summed E-state index contributed by atoms with van der Waals surface area (Å²) in [7, 11) is 0. The highest BCUT2D eigenvalue weighted by Gasteiger charge is 2.07. The second-order valence-electron chi connectivity index (χ2n) is 4.59. The van der Waals surface area contributed by atoms with E-state index in [0.717, 1.165) is 17.1 Å². The van der Waals surface area contributed by atoms with Gasteiger partial charge in [-0.15, -0.1) is 11.7 Å². The third-order valence-corrected chi connectivity index (χ3v) is 3.17. The largest absolute Gasteiger partial charge is 0.459 e. The van der Waals surface area contributed by atoms with Gasteiger partial charge in [-0.2, -0.15) is 4.80 Å². The van der Waals surface area contributed by atoms with Crippen molar-refractivity contribution in [3.05, 3.63) is 59.8 Å². The molecule has 0 bridgehead atoms. The van der Waals surface area contributed by atoms with Gasteiger partial charge in [-0.3, -0.25) is 0 Å². The molecule has 0 saturated carbocycles. The van der Waals surface area contributed by atoms with Crippen molar-refractivity contribution in [3.8, 4) is 11.3 Å². The standard InChI is InChI=1S/C15H14ClN5O/c1-2-8-21-19-15(18-20-21)17-10-13-6-7-14(22-13)11-4-3-5-12(16)9-11/h2-7,9H,1,8,10H2,(H,17,19). The van der Waals surface area contributed by atoms with Gasteiger partial charge in [-0.1, -0.05) is 34.9 Å². The summed E-state index contributed by atoms with van der Waals surface area (Å²) >= 11 is 5.98. The first kappa shape index (κ1) is 14.3. The number of anilines is 1. The molecule has 22 heavy (non-hydrogen) atoms. The van der Waals surface area contributed by atoms with Crippen LogP contribution >= 0.6 is 11.6 Å². The van der Waals surface area contributed by atoms with Gasteiger partial charge in [0, 0.05) is 10.6 Å². The maximum atomic E-state index is 5.98. The summed E-state index contributed by atoms with van der Waals surface area (Å²) in [6.45, 7) is 4.62. The van der Waals surface area contributed by atoms with Gasteiger partial charge in [0.1, 0.15) is 11.5 Å². The third-order valence-electron chi connectivity index (χ3n) is 2.94. The van der Waals surface area contributed by atoms with Gasteiger partial charge in [0.15, 0.2) is 0 Å². The van der Waals surface area contributed by atoms with Gasteiger partial charge in [0.05, 0.1) is 13.1 Å². The topological polar surface area (TPSA) is 68.8 Å². The van der Waals surface area contributed by atoms with Crippen molar-refractivity contribution in [2.75, 3.05) is 5.32 Å². The summed E-state index contributed by atoms with van der Waals surface area (Å²) in [5, 5.41) is 15.6. The molecule has 0 spiro atoms. The summed E-state index contributed by atoms with van der Waals surface area (Å²) in [4.78, 5) is 1.45. The number of nitrogens with one attached hydrogen (secondary N) is 1. The van der Waals surface area contributed by atoms with E-state index in [1.807, 2.05) is 36.4 Å². The number of allylic oxidation sites excluding steroid dienone is 1. The highest BCUT2D eigenvalue weighted by molar-refractivity contribution is 6.30. The molecule has 0 saturated heterocycles. The number of furan rings is 1. The van der Waals surface area contributed by atoms with Crippen molar-refractivity contribution in [2.45, 2.75) is 13.1 Å². The third kappa shape index (κ3) is 3.35. The zero-order valence-electron chi connectivity index (χ0n) is 11.7. The van der Waals surface area contributed by atoms with E-state index in [-0.39, 0.29) is 0 Å². The molecular weight excluding hydrogens is 302 g/mol. The first-order valence-electron chi connectivity index (χ1n) is 6.72. The number of hydrogen-bond donors (Lipinski definition) is 1. The van der Waals surface area contributed by atoms with E-state index in [2.05, 4.69) is 27.3 Å². The number of tetrazole rings is 1. The Labute approximate surface area is 132 Å². The molecule has 2 heterocycles. The zero-order valence-corrected chi connectivity index (χ0v) is 12.5. The summed E-state index contributed by atoms with van der Waals surface area (Å²) in [5.74, 6) is 1.99. The molecule has 0 amide bonds. The van der Waals surface area contributed by atoms with Crippen LogP contribution in [-0.4, -0.2) is 20.2 Å². The summed E-state index contributed by atoms with van der Waals surface area (Å²) in [6.07, 6.45) is 1.70. The van der Waals surface area contributed by atoms with Crippen LogP contribution in [0, 0.1) is 0 Å². The Morgan fingerprint density at radius 1 is 1.32 bits per heavy atom. The van der Waals surface area contributed by atoms with E-state index >= 15 is 0 Å². The predicted molar refractivity (Wildman–Crippen MR) is 84.5 cm³/mol. The minimum Gasteiger partial charge on any atom is -0.459 e.